The van der Waals surface area contributed by atoms with Gasteiger partial charge >= 0.3 is 0 Å². The summed E-state index contributed by atoms with van der Waals surface area (Å²) in [7, 11) is 1.95. The lowest BCUT2D eigenvalue weighted by Gasteiger charge is -2.00. The molecule has 0 atom stereocenters. The quantitative estimate of drug-likeness (QED) is 0.837. The Morgan fingerprint density at radius 2 is 2.22 bits per heavy atom. The Hall–Kier alpha value is -1.42. The molecule has 0 radical (unpaired) electrons. The van der Waals surface area contributed by atoms with Crippen LogP contribution in [0.4, 0.5) is 0 Å². The predicted molar refractivity (Wildman–Crippen MR) is 75.7 cm³/mol. The van der Waals surface area contributed by atoms with Crippen LogP contribution in [0.15, 0.2) is 23.2 Å². The van der Waals surface area contributed by atoms with E-state index in [0.29, 0.717) is 0 Å². The van der Waals surface area contributed by atoms with Gasteiger partial charge in [-0.15, -0.1) is 0 Å². The van der Waals surface area contributed by atoms with Crippen molar-refractivity contribution in [2.75, 3.05) is 0 Å². The number of aromatic nitrogens is 1. The number of unbranched alkanes of at least 4 members (excludes halogenated alkanes) is 1. The van der Waals surface area contributed by atoms with Gasteiger partial charge in [0.15, 0.2) is 4.80 Å². The molecule has 0 bridgehead atoms. The summed E-state index contributed by atoms with van der Waals surface area (Å²) in [5.74, 6) is -0.150. The molecule has 0 saturated heterocycles. The molecule has 0 fully saturated rings. The molecule has 2 aromatic rings. The van der Waals surface area contributed by atoms with Crippen molar-refractivity contribution in [1.82, 2.24) is 4.57 Å². The average Bonchev–Trinajstić information content (AvgIpc) is 2.63. The lowest BCUT2D eigenvalue weighted by Crippen LogP contribution is -2.11. The minimum atomic E-state index is -0.150. The van der Waals surface area contributed by atoms with Crippen LogP contribution in [0.25, 0.3) is 10.2 Å². The summed E-state index contributed by atoms with van der Waals surface area (Å²) in [5.41, 5.74) is 2.50. The molecule has 1 aromatic carbocycles. The standard InChI is InChI=1S/C14H18N2OS/c1-4-5-6-11-7-8-12-13(9-11)18-14(16(12)3)15-10(2)17/h7-9H,4-6H2,1-3H3. The first-order valence-electron chi connectivity index (χ1n) is 6.25. The zero-order valence-corrected chi connectivity index (χ0v) is 11.9. The third kappa shape index (κ3) is 2.70. The zero-order valence-electron chi connectivity index (χ0n) is 11.1. The lowest BCUT2D eigenvalue weighted by atomic mass is 10.1. The van der Waals surface area contributed by atoms with Gasteiger partial charge in [-0.25, -0.2) is 0 Å². The van der Waals surface area contributed by atoms with Crippen LogP contribution in [0.1, 0.15) is 32.3 Å². The van der Waals surface area contributed by atoms with Crippen molar-refractivity contribution in [2.45, 2.75) is 33.1 Å². The Morgan fingerprint density at radius 1 is 1.44 bits per heavy atom. The van der Waals surface area contributed by atoms with Crippen molar-refractivity contribution in [3.63, 3.8) is 0 Å². The number of nitrogens with zero attached hydrogens (tertiary/aromatic N) is 2. The van der Waals surface area contributed by atoms with E-state index >= 15 is 0 Å². The van der Waals surface area contributed by atoms with Crippen molar-refractivity contribution in [3.8, 4) is 0 Å². The molecular weight excluding hydrogens is 244 g/mol. The van der Waals surface area contributed by atoms with E-state index in [-0.39, 0.29) is 5.91 Å². The number of fused-ring (bicyclic) bond motifs is 1. The van der Waals surface area contributed by atoms with Gasteiger partial charge in [0.2, 0.25) is 5.91 Å². The second kappa shape index (κ2) is 5.48. The van der Waals surface area contributed by atoms with Crippen LogP contribution in [-0.2, 0) is 18.3 Å². The van der Waals surface area contributed by atoms with E-state index in [4.69, 9.17) is 0 Å². The molecule has 96 valence electrons. The van der Waals surface area contributed by atoms with Crippen molar-refractivity contribution in [3.05, 3.63) is 28.6 Å². The molecule has 1 amide bonds. The topological polar surface area (TPSA) is 34.4 Å². The maximum Gasteiger partial charge on any atom is 0.245 e. The van der Waals surface area contributed by atoms with Crippen molar-refractivity contribution >= 4 is 27.5 Å². The van der Waals surface area contributed by atoms with E-state index in [1.54, 1.807) is 11.3 Å². The van der Waals surface area contributed by atoms with Crippen LogP contribution in [-0.4, -0.2) is 10.5 Å². The summed E-state index contributed by atoms with van der Waals surface area (Å²) in [4.78, 5) is 15.9. The zero-order chi connectivity index (χ0) is 13.1. The molecule has 0 N–H and O–H groups in total. The molecule has 0 unspecified atom stereocenters. The first kappa shape index (κ1) is 13.0. The molecule has 1 heterocycles. The molecular formula is C14H18N2OS. The van der Waals surface area contributed by atoms with Crippen LogP contribution < -0.4 is 4.80 Å². The summed E-state index contributed by atoms with van der Waals surface area (Å²) in [6.07, 6.45) is 3.54. The van der Waals surface area contributed by atoms with Crippen LogP contribution >= 0.6 is 11.3 Å². The van der Waals surface area contributed by atoms with Crippen LogP contribution in [0, 0.1) is 0 Å². The average molecular weight is 262 g/mol. The number of thiazole rings is 1. The van der Waals surface area contributed by atoms with E-state index in [9.17, 15) is 4.79 Å². The third-order valence-corrected chi connectivity index (χ3v) is 4.04. The number of carbonyl (C=O) groups is 1. The van der Waals surface area contributed by atoms with Gasteiger partial charge in [0.05, 0.1) is 10.2 Å². The normalized spacial score (nSPS) is 12.3. The van der Waals surface area contributed by atoms with Gasteiger partial charge in [0.1, 0.15) is 0 Å². The molecule has 0 saturated carbocycles. The van der Waals surface area contributed by atoms with E-state index in [2.05, 4.69) is 30.1 Å². The van der Waals surface area contributed by atoms with Gasteiger partial charge in [-0.3, -0.25) is 4.79 Å². The molecule has 0 aliphatic heterocycles. The molecule has 1 aromatic heterocycles. The SMILES string of the molecule is CCCCc1ccc2c(c1)sc(=NC(C)=O)n2C. The molecule has 0 spiro atoms. The number of amides is 1. The second-order valence-corrected chi connectivity index (χ2v) is 5.49. The van der Waals surface area contributed by atoms with Crippen LogP contribution in [0.3, 0.4) is 0 Å². The summed E-state index contributed by atoms with van der Waals surface area (Å²) < 4.78 is 3.18. The van der Waals surface area contributed by atoms with Gasteiger partial charge in [-0.05, 0) is 30.5 Å². The number of hydrogen-bond acceptors (Lipinski definition) is 2. The van der Waals surface area contributed by atoms with Crippen molar-refractivity contribution in [2.24, 2.45) is 12.0 Å². The maximum atomic E-state index is 11.1. The summed E-state index contributed by atoms with van der Waals surface area (Å²) in [5, 5.41) is 0. The first-order valence-corrected chi connectivity index (χ1v) is 7.07. The fourth-order valence-electron chi connectivity index (χ4n) is 1.96. The molecule has 18 heavy (non-hydrogen) atoms. The highest BCUT2D eigenvalue weighted by molar-refractivity contribution is 7.16. The number of benzene rings is 1. The van der Waals surface area contributed by atoms with Crippen LogP contribution in [0.2, 0.25) is 0 Å². The Balaban J connectivity index is 2.48. The van der Waals surface area contributed by atoms with Gasteiger partial charge in [0, 0.05) is 14.0 Å². The highest BCUT2D eigenvalue weighted by Gasteiger charge is 2.04. The maximum absolute atomic E-state index is 11.1. The minimum Gasteiger partial charge on any atom is -0.319 e. The van der Waals surface area contributed by atoms with E-state index < -0.39 is 0 Å². The highest BCUT2D eigenvalue weighted by atomic mass is 32.1. The number of rotatable bonds is 3. The summed E-state index contributed by atoms with van der Waals surface area (Å²) in [6, 6.07) is 6.51. The molecule has 4 heteroatoms. The summed E-state index contributed by atoms with van der Waals surface area (Å²) >= 11 is 1.58. The fourth-order valence-corrected chi connectivity index (χ4v) is 3.08. The molecule has 2 rings (SSSR count). The minimum absolute atomic E-state index is 0.150. The first-order chi connectivity index (χ1) is 8.61. The molecule has 0 aliphatic rings. The Bertz CT molecular complexity index is 637. The predicted octanol–water partition coefficient (Wildman–Crippen LogP) is 3.03. The van der Waals surface area contributed by atoms with Gasteiger partial charge < -0.3 is 4.57 Å². The number of aryl methyl sites for hydroxylation is 2. The van der Waals surface area contributed by atoms with Crippen LogP contribution in [0.5, 0.6) is 0 Å². The second-order valence-electron chi connectivity index (χ2n) is 4.48. The monoisotopic (exact) mass is 262 g/mol. The fraction of sp³-hybridized carbons (Fsp3) is 0.429. The third-order valence-electron chi connectivity index (χ3n) is 2.95. The number of carbonyl (C=O) groups excluding carboxylic acids is 1. The van der Waals surface area contributed by atoms with Crippen molar-refractivity contribution < 1.29 is 4.79 Å². The van der Waals surface area contributed by atoms with E-state index in [1.165, 1.54) is 30.0 Å². The summed E-state index contributed by atoms with van der Waals surface area (Å²) in [6.45, 7) is 3.69. The lowest BCUT2D eigenvalue weighted by molar-refractivity contribution is -0.116. The highest BCUT2D eigenvalue weighted by Crippen LogP contribution is 2.19. The Kier molecular flexibility index (Phi) is 3.97. The molecule has 3 nitrogen and oxygen atoms in total. The van der Waals surface area contributed by atoms with Gasteiger partial charge in [-0.1, -0.05) is 30.7 Å². The Morgan fingerprint density at radius 3 is 2.89 bits per heavy atom. The largest absolute Gasteiger partial charge is 0.319 e. The van der Waals surface area contributed by atoms with E-state index in [1.807, 2.05) is 11.6 Å². The van der Waals surface area contributed by atoms with Gasteiger partial charge in [-0.2, -0.15) is 4.99 Å². The smallest absolute Gasteiger partial charge is 0.245 e. The Labute approximate surface area is 111 Å². The number of hydrogen-bond donors (Lipinski definition) is 0. The van der Waals surface area contributed by atoms with E-state index in [0.717, 1.165) is 16.7 Å². The van der Waals surface area contributed by atoms with Crippen molar-refractivity contribution in [1.29, 1.82) is 0 Å². The molecule has 0 aliphatic carbocycles. The van der Waals surface area contributed by atoms with Gasteiger partial charge in [0.25, 0.3) is 0 Å².